The fourth-order valence-electron chi connectivity index (χ4n) is 4.64. The van der Waals surface area contributed by atoms with Crippen molar-refractivity contribution in [3.05, 3.63) is 65.0 Å². The first-order valence-corrected chi connectivity index (χ1v) is 11.1. The number of benzene rings is 2. The van der Waals surface area contributed by atoms with Crippen molar-refractivity contribution in [2.45, 2.75) is 64.1 Å². The molecule has 1 saturated carbocycles. The van der Waals surface area contributed by atoms with Crippen LogP contribution >= 0.6 is 0 Å². The van der Waals surface area contributed by atoms with Gasteiger partial charge in [0.2, 0.25) is 0 Å². The standard InChI is InChI=1S/C25H31FN2O2/c1-18-9-10-21(26)15-20(18)17-27-25(29)19-5-4-8-24(16-19)30-23-11-13-28(14-12-23)22-6-2-3-7-22/h4-5,8-10,15-16,22-23H,2-3,6-7,11-14,17H2,1H3,(H,27,29). The van der Waals surface area contributed by atoms with Crippen LogP contribution in [0, 0.1) is 12.7 Å². The van der Waals surface area contributed by atoms with Gasteiger partial charge in [0.25, 0.3) is 5.91 Å². The highest BCUT2D eigenvalue weighted by molar-refractivity contribution is 5.94. The maximum atomic E-state index is 13.4. The van der Waals surface area contributed by atoms with Crippen molar-refractivity contribution in [1.82, 2.24) is 10.2 Å². The number of ether oxygens (including phenoxy) is 1. The van der Waals surface area contributed by atoms with Gasteiger partial charge in [-0.05, 0) is 74.1 Å². The highest BCUT2D eigenvalue weighted by Gasteiger charge is 2.27. The monoisotopic (exact) mass is 410 g/mol. The largest absolute Gasteiger partial charge is 0.490 e. The number of likely N-dealkylation sites (tertiary alicyclic amines) is 1. The van der Waals surface area contributed by atoms with Gasteiger partial charge in [-0.2, -0.15) is 0 Å². The summed E-state index contributed by atoms with van der Waals surface area (Å²) in [7, 11) is 0. The highest BCUT2D eigenvalue weighted by Crippen LogP contribution is 2.27. The Kier molecular flexibility index (Phi) is 6.68. The maximum Gasteiger partial charge on any atom is 0.251 e. The van der Waals surface area contributed by atoms with E-state index in [4.69, 9.17) is 4.74 Å². The van der Waals surface area contributed by atoms with E-state index in [1.807, 2.05) is 19.1 Å². The summed E-state index contributed by atoms with van der Waals surface area (Å²) in [6.07, 6.45) is 7.70. The lowest BCUT2D eigenvalue weighted by Gasteiger charge is -2.36. The Hall–Kier alpha value is -2.40. The van der Waals surface area contributed by atoms with Gasteiger partial charge in [0.05, 0.1) is 0 Å². The van der Waals surface area contributed by atoms with Crippen molar-refractivity contribution < 1.29 is 13.9 Å². The van der Waals surface area contributed by atoms with E-state index < -0.39 is 0 Å². The molecule has 0 atom stereocenters. The predicted octanol–water partition coefficient (Wildman–Crippen LogP) is 4.85. The third-order valence-electron chi connectivity index (χ3n) is 6.47. The number of hydrogen-bond donors (Lipinski definition) is 1. The van der Waals surface area contributed by atoms with Crippen molar-refractivity contribution in [1.29, 1.82) is 0 Å². The van der Waals surface area contributed by atoms with Crippen LogP contribution in [0.15, 0.2) is 42.5 Å². The third-order valence-corrected chi connectivity index (χ3v) is 6.47. The van der Waals surface area contributed by atoms with Gasteiger partial charge in [0, 0.05) is 31.2 Å². The molecule has 1 heterocycles. The first-order chi connectivity index (χ1) is 14.6. The topological polar surface area (TPSA) is 41.6 Å². The molecule has 1 amide bonds. The summed E-state index contributed by atoms with van der Waals surface area (Å²) in [5.41, 5.74) is 2.30. The minimum absolute atomic E-state index is 0.180. The SMILES string of the molecule is Cc1ccc(F)cc1CNC(=O)c1cccc(OC2CCN(C3CCCC3)CC2)c1. The number of piperidine rings is 1. The number of nitrogens with one attached hydrogen (secondary N) is 1. The van der Waals surface area contributed by atoms with Gasteiger partial charge in [-0.1, -0.05) is 25.0 Å². The van der Waals surface area contributed by atoms with Crippen molar-refractivity contribution in [2.24, 2.45) is 0 Å². The van der Waals surface area contributed by atoms with Crippen LogP contribution in [-0.2, 0) is 6.54 Å². The highest BCUT2D eigenvalue weighted by atomic mass is 19.1. The molecule has 2 aromatic carbocycles. The van der Waals surface area contributed by atoms with E-state index in [1.165, 1.54) is 37.8 Å². The van der Waals surface area contributed by atoms with E-state index in [-0.39, 0.29) is 17.8 Å². The normalized spacial score (nSPS) is 18.5. The van der Waals surface area contributed by atoms with Crippen LogP contribution in [-0.4, -0.2) is 36.0 Å². The molecular weight excluding hydrogens is 379 g/mol. The molecule has 0 unspecified atom stereocenters. The van der Waals surface area contributed by atoms with E-state index in [0.29, 0.717) is 12.1 Å². The fraction of sp³-hybridized carbons (Fsp3) is 0.480. The van der Waals surface area contributed by atoms with Crippen molar-refractivity contribution in [3.8, 4) is 5.75 Å². The number of aryl methyl sites for hydroxylation is 1. The summed E-state index contributed by atoms with van der Waals surface area (Å²) in [6.45, 7) is 4.41. The van der Waals surface area contributed by atoms with Crippen LogP contribution in [0.2, 0.25) is 0 Å². The van der Waals surface area contributed by atoms with Gasteiger partial charge in [-0.3, -0.25) is 4.79 Å². The lowest BCUT2D eigenvalue weighted by Crippen LogP contribution is -2.43. The van der Waals surface area contributed by atoms with E-state index in [1.54, 1.807) is 18.2 Å². The van der Waals surface area contributed by atoms with Crippen molar-refractivity contribution >= 4 is 5.91 Å². The molecule has 4 nitrogen and oxygen atoms in total. The molecule has 4 rings (SSSR count). The van der Waals surface area contributed by atoms with Crippen LogP contribution in [0.5, 0.6) is 5.75 Å². The first-order valence-electron chi connectivity index (χ1n) is 11.1. The van der Waals surface area contributed by atoms with Crippen molar-refractivity contribution in [2.75, 3.05) is 13.1 Å². The molecule has 2 aliphatic rings. The average molecular weight is 411 g/mol. The van der Waals surface area contributed by atoms with E-state index >= 15 is 0 Å². The Labute approximate surface area is 178 Å². The minimum atomic E-state index is -0.292. The number of hydrogen-bond acceptors (Lipinski definition) is 3. The molecule has 1 N–H and O–H groups in total. The molecule has 2 aromatic rings. The molecular formula is C25H31FN2O2. The number of rotatable bonds is 6. The zero-order chi connectivity index (χ0) is 20.9. The summed E-state index contributed by atoms with van der Waals surface area (Å²) >= 11 is 0. The molecule has 2 fully saturated rings. The van der Waals surface area contributed by atoms with Gasteiger partial charge in [-0.15, -0.1) is 0 Å². The molecule has 1 aliphatic carbocycles. The van der Waals surface area contributed by atoms with Crippen LogP contribution in [0.25, 0.3) is 0 Å². The lowest BCUT2D eigenvalue weighted by molar-refractivity contribution is 0.0766. The van der Waals surface area contributed by atoms with Gasteiger partial charge in [0.15, 0.2) is 0 Å². The Morgan fingerprint density at radius 1 is 1.10 bits per heavy atom. The summed E-state index contributed by atoms with van der Waals surface area (Å²) in [5, 5.41) is 2.88. The second-order valence-corrected chi connectivity index (χ2v) is 8.57. The van der Waals surface area contributed by atoms with Gasteiger partial charge < -0.3 is 15.0 Å². The Morgan fingerprint density at radius 2 is 1.87 bits per heavy atom. The Bertz CT molecular complexity index is 871. The maximum absolute atomic E-state index is 13.4. The van der Waals surface area contributed by atoms with Crippen LogP contribution in [0.1, 0.15) is 60.0 Å². The quantitative estimate of drug-likeness (QED) is 0.740. The minimum Gasteiger partial charge on any atom is -0.490 e. The smallest absolute Gasteiger partial charge is 0.251 e. The molecule has 160 valence electrons. The molecule has 0 aromatic heterocycles. The van der Waals surface area contributed by atoms with Crippen molar-refractivity contribution in [3.63, 3.8) is 0 Å². The molecule has 0 bridgehead atoms. The zero-order valence-electron chi connectivity index (χ0n) is 17.7. The summed E-state index contributed by atoms with van der Waals surface area (Å²) in [6, 6.07) is 12.7. The number of carbonyl (C=O) groups excluding carboxylic acids is 1. The fourth-order valence-corrected chi connectivity index (χ4v) is 4.64. The van der Waals surface area contributed by atoms with Gasteiger partial charge in [-0.25, -0.2) is 4.39 Å². The van der Waals surface area contributed by atoms with Crippen LogP contribution in [0.4, 0.5) is 4.39 Å². The zero-order valence-corrected chi connectivity index (χ0v) is 17.7. The van der Waals surface area contributed by atoms with Crippen LogP contribution in [0.3, 0.4) is 0 Å². The molecule has 1 aliphatic heterocycles. The second-order valence-electron chi connectivity index (χ2n) is 8.57. The summed E-state index contributed by atoms with van der Waals surface area (Å²) in [4.78, 5) is 15.2. The van der Waals surface area contributed by atoms with Crippen LogP contribution < -0.4 is 10.1 Å². The van der Waals surface area contributed by atoms with E-state index in [2.05, 4.69) is 10.2 Å². The van der Waals surface area contributed by atoms with Gasteiger partial charge in [0.1, 0.15) is 17.7 Å². The number of amides is 1. The van der Waals surface area contributed by atoms with E-state index in [0.717, 1.165) is 48.8 Å². The average Bonchev–Trinajstić information content (AvgIpc) is 3.30. The summed E-state index contributed by atoms with van der Waals surface area (Å²) in [5.74, 6) is 0.267. The molecule has 30 heavy (non-hydrogen) atoms. The third kappa shape index (κ3) is 5.20. The Morgan fingerprint density at radius 3 is 2.63 bits per heavy atom. The Balaban J connectivity index is 1.30. The first kappa shape index (κ1) is 20.9. The second kappa shape index (κ2) is 9.61. The predicted molar refractivity (Wildman–Crippen MR) is 116 cm³/mol. The molecule has 5 heteroatoms. The number of halogens is 1. The lowest BCUT2D eigenvalue weighted by atomic mass is 10.0. The number of carbonyl (C=O) groups is 1. The van der Waals surface area contributed by atoms with Gasteiger partial charge >= 0.3 is 0 Å². The molecule has 1 saturated heterocycles. The summed E-state index contributed by atoms with van der Waals surface area (Å²) < 4.78 is 19.6. The number of nitrogens with zero attached hydrogens (tertiary/aromatic N) is 1. The molecule has 0 radical (unpaired) electrons. The van der Waals surface area contributed by atoms with E-state index in [9.17, 15) is 9.18 Å². The molecule has 0 spiro atoms.